The van der Waals surface area contributed by atoms with E-state index in [4.69, 9.17) is 4.74 Å². The van der Waals surface area contributed by atoms with Crippen LogP contribution < -0.4 is 5.32 Å². The summed E-state index contributed by atoms with van der Waals surface area (Å²) in [6, 6.07) is 1.57. The van der Waals surface area contributed by atoms with Gasteiger partial charge in [-0.3, -0.25) is 0 Å². The number of nitrogens with one attached hydrogen (secondary N) is 1. The smallest absolute Gasteiger partial charge is 0.176 e. The van der Waals surface area contributed by atoms with Gasteiger partial charge in [-0.2, -0.15) is 5.10 Å². The van der Waals surface area contributed by atoms with Gasteiger partial charge in [0.2, 0.25) is 0 Å². The summed E-state index contributed by atoms with van der Waals surface area (Å²) in [6.07, 6.45) is 3.53. The molecule has 0 bridgehead atoms. The van der Waals surface area contributed by atoms with E-state index in [9.17, 15) is 0 Å². The summed E-state index contributed by atoms with van der Waals surface area (Å²) in [4.78, 5) is 7.07. The fourth-order valence-electron chi connectivity index (χ4n) is 3.35. The summed E-state index contributed by atoms with van der Waals surface area (Å²) in [7, 11) is 3.89. The molecule has 1 aromatic rings. The van der Waals surface area contributed by atoms with Crippen molar-refractivity contribution in [3.63, 3.8) is 0 Å². The lowest BCUT2D eigenvalue weighted by atomic mass is 10.1. The lowest BCUT2D eigenvalue weighted by Gasteiger charge is -2.26. The molecule has 1 N–H and O–H groups in total. The predicted molar refractivity (Wildman–Crippen MR) is 76.3 cm³/mol. The van der Waals surface area contributed by atoms with E-state index in [-0.39, 0.29) is 0 Å². The van der Waals surface area contributed by atoms with E-state index in [0.717, 1.165) is 31.2 Å². The fraction of sp³-hybridized carbons (Fsp3) is 0.857. The maximum Gasteiger partial charge on any atom is 0.176 e. The molecular formula is C14H25N5O. The number of likely N-dealkylation sites (tertiary alicyclic amines) is 1. The van der Waals surface area contributed by atoms with Gasteiger partial charge in [0, 0.05) is 32.3 Å². The Kier molecular flexibility index (Phi) is 4.05. The topological polar surface area (TPSA) is 55.2 Å². The Labute approximate surface area is 120 Å². The van der Waals surface area contributed by atoms with Crippen LogP contribution >= 0.6 is 0 Å². The van der Waals surface area contributed by atoms with E-state index in [1.54, 1.807) is 7.11 Å². The summed E-state index contributed by atoms with van der Waals surface area (Å²) in [5, 5.41) is 8.31. The van der Waals surface area contributed by atoms with Gasteiger partial charge in [-0.25, -0.2) is 9.67 Å². The van der Waals surface area contributed by atoms with Crippen molar-refractivity contribution in [1.29, 1.82) is 0 Å². The van der Waals surface area contributed by atoms with Crippen LogP contribution in [0, 0.1) is 0 Å². The Hall–Kier alpha value is -0.980. The molecule has 3 atom stereocenters. The largest absolute Gasteiger partial charge is 0.377 e. The molecule has 112 valence electrons. The van der Waals surface area contributed by atoms with Gasteiger partial charge in [-0.15, -0.1) is 0 Å². The standard InChI is InChI=1S/C14H25N5O/c1-10-7-11(8-18(10)2)15-12-5-4-6-19-14(12)16-13(17-19)9-20-3/h10-12,15H,4-9H2,1-3H3/t10-,11+,12+/m1/s1. The lowest BCUT2D eigenvalue weighted by molar-refractivity contribution is 0.177. The van der Waals surface area contributed by atoms with Gasteiger partial charge < -0.3 is 15.0 Å². The van der Waals surface area contributed by atoms with Gasteiger partial charge in [-0.1, -0.05) is 0 Å². The molecule has 2 aliphatic rings. The van der Waals surface area contributed by atoms with E-state index in [2.05, 4.69) is 39.0 Å². The molecule has 0 saturated carbocycles. The third-order valence-corrected chi connectivity index (χ3v) is 4.52. The number of ether oxygens (including phenoxy) is 1. The predicted octanol–water partition coefficient (Wildman–Crippen LogP) is 0.942. The summed E-state index contributed by atoms with van der Waals surface area (Å²) >= 11 is 0. The summed E-state index contributed by atoms with van der Waals surface area (Å²) in [5.74, 6) is 1.89. The van der Waals surface area contributed by atoms with Crippen molar-refractivity contribution >= 4 is 0 Å². The molecular weight excluding hydrogens is 254 g/mol. The Bertz CT molecular complexity index is 450. The number of hydrogen-bond donors (Lipinski definition) is 1. The second kappa shape index (κ2) is 5.79. The molecule has 0 unspecified atom stereocenters. The third-order valence-electron chi connectivity index (χ3n) is 4.52. The number of aryl methyl sites for hydroxylation is 1. The zero-order valence-corrected chi connectivity index (χ0v) is 12.7. The van der Waals surface area contributed by atoms with Gasteiger partial charge in [0.15, 0.2) is 5.82 Å². The second-order valence-electron chi connectivity index (χ2n) is 6.13. The number of nitrogens with zero attached hydrogens (tertiary/aromatic N) is 4. The normalized spacial score (nSPS) is 30.6. The quantitative estimate of drug-likeness (QED) is 0.889. The van der Waals surface area contributed by atoms with Crippen LogP contribution in [-0.4, -0.2) is 52.5 Å². The van der Waals surface area contributed by atoms with E-state index in [1.165, 1.54) is 12.8 Å². The molecule has 0 spiro atoms. The van der Waals surface area contributed by atoms with Crippen LogP contribution in [0.15, 0.2) is 0 Å². The summed E-state index contributed by atoms with van der Waals surface area (Å²) in [5.41, 5.74) is 0. The molecule has 2 aliphatic heterocycles. The summed E-state index contributed by atoms with van der Waals surface area (Å²) in [6.45, 7) is 4.89. The molecule has 1 aromatic heterocycles. The maximum atomic E-state index is 5.14. The van der Waals surface area contributed by atoms with Crippen LogP contribution in [0.5, 0.6) is 0 Å². The molecule has 0 aliphatic carbocycles. The van der Waals surface area contributed by atoms with Crippen molar-refractivity contribution in [2.75, 3.05) is 20.7 Å². The van der Waals surface area contributed by atoms with Crippen LogP contribution in [0.2, 0.25) is 0 Å². The van der Waals surface area contributed by atoms with Gasteiger partial charge >= 0.3 is 0 Å². The van der Waals surface area contributed by atoms with Crippen LogP contribution in [0.4, 0.5) is 0 Å². The molecule has 1 fully saturated rings. The minimum atomic E-state index is 0.338. The Morgan fingerprint density at radius 3 is 3.00 bits per heavy atom. The van der Waals surface area contributed by atoms with Crippen LogP contribution in [0.3, 0.4) is 0 Å². The molecule has 0 radical (unpaired) electrons. The first-order valence-corrected chi connectivity index (χ1v) is 7.56. The highest BCUT2D eigenvalue weighted by atomic mass is 16.5. The van der Waals surface area contributed by atoms with Gasteiger partial charge in [0.25, 0.3) is 0 Å². The fourth-order valence-corrected chi connectivity index (χ4v) is 3.35. The molecule has 6 heteroatoms. The minimum Gasteiger partial charge on any atom is -0.377 e. The highest BCUT2D eigenvalue weighted by Crippen LogP contribution is 2.26. The van der Waals surface area contributed by atoms with Gasteiger partial charge in [0.1, 0.15) is 12.4 Å². The number of rotatable bonds is 4. The first-order chi connectivity index (χ1) is 9.67. The molecule has 3 heterocycles. The zero-order chi connectivity index (χ0) is 14.1. The van der Waals surface area contributed by atoms with Gasteiger partial charge in [0.05, 0.1) is 6.04 Å². The van der Waals surface area contributed by atoms with Crippen LogP contribution in [-0.2, 0) is 17.9 Å². The second-order valence-corrected chi connectivity index (χ2v) is 6.13. The Balaban J connectivity index is 1.70. The number of fused-ring (bicyclic) bond motifs is 1. The van der Waals surface area contributed by atoms with E-state index < -0.39 is 0 Å². The van der Waals surface area contributed by atoms with Gasteiger partial charge in [-0.05, 0) is 33.2 Å². The lowest BCUT2D eigenvalue weighted by Crippen LogP contribution is -2.37. The van der Waals surface area contributed by atoms with E-state index in [0.29, 0.717) is 24.7 Å². The molecule has 6 nitrogen and oxygen atoms in total. The zero-order valence-electron chi connectivity index (χ0n) is 12.7. The van der Waals surface area contributed by atoms with Crippen LogP contribution in [0.1, 0.15) is 43.9 Å². The Morgan fingerprint density at radius 1 is 1.45 bits per heavy atom. The minimum absolute atomic E-state index is 0.338. The highest BCUT2D eigenvalue weighted by molar-refractivity contribution is 5.03. The van der Waals surface area contributed by atoms with Crippen molar-refractivity contribution in [2.45, 2.75) is 57.5 Å². The average Bonchev–Trinajstić information content (AvgIpc) is 2.95. The highest BCUT2D eigenvalue weighted by Gasteiger charge is 2.31. The number of aromatic nitrogens is 3. The molecule has 3 rings (SSSR count). The first-order valence-electron chi connectivity index (χ1n) is 7.56. The Morgan fingerprint density at radius 2 is 2.30 bits per heavy atom. The monoisotopic (exact) mass is 279 g/mol. The van der Waals surface area contributed by atoms with Crippen molar-refractivity contribution in [1.82, 2.24) is 25.0 Å². The third kappa shape index (κ3) is 2.73. The number of hydrogen-bond acceptors (Lipinski definition) is 5. The van der Waals surface area contributed by atoms with E-state index >= 15 is 0 Å². The van der Waals surface area contributed by atoms with Crippen molar-refractivity contribution in [3.05, 3.63) is 11.6 Å². The first kappa shape index (κ1) is 14.0. The molecule has 20 heavy (non-hydrogen) atoms. The maximum absolute atomic E-state index is 5.14. The number of likely N-dealkylation sites (N-methyl/N-ethyl adjacent to an activating group) is 1. The van der Waals surface area contributed by atoms with Crippen molar-refractivity contribution < 1.29 is 4.74 Å². The molecule has 0 amide bonds. The van der Waals surface area contributed by atoms with Crippen LogP contribution in [0.25, 0.3) is 0 Å². The molecule has 1 saturated heterocycles. The molecule has 0 aromatic carbocycles. The van der Waals surface area contributed by atoms with Crippen molar-refractivity contribution in [3.8, 4) is 0 Å². The average molecular weight is 279 g/mol. The van der Waals surface area contributed by atoms with Crippen molar-refractivity contribution in [2.24, 2.45) is 0 Å². The number of methoxy groups -OCH3 is 1. The summed E-state index contributed by atoms with van der Waals surface area (Å²) < 4.78 is 7.19. The SMILES string of the molecule is COCc1nc2n(n1)CCC[C@@H]2N[C@H]1C[C@@H](C)N(C)C1. The van der Waals surface area contributed by atoms with E-state index in [1.807, 2.05) is 0 Å².